The Kier molecular flexibility index (Phi) is 3.58. The average molecular weight is 282 g/mol. The van der Waals surface area contributed by atoms with Gasteiger partial charge in [-0.3, -0.25) is 9.67 Å². The van der Waals surface area contributed by atoms with Crippen molar-refractivity contribution in [2.45, 2.75) is 13.2 Å². The molecular weight excluding hydrogens is 264 g/mol. The van der Waals surface area contributed by atoms with Crippen molar-refractivity contribution in [2.24, 2.45) is 7.05 Å². The normalized spacial score (nSPS) is 11.0. The molecule has 1 aromatic carbocycles. The predicted molar refractivity (Wildman–Crippen MR) is 83.0 cm³/mol. The van der Waals surface area contributed by atoms with Gasteiger partial charge in [-0.05, 0) is 12.1 Å². The second-order valence-electron chi connectivity index (χ2n) is 5.19. The van der Waals surface area contributed by atoms with Gasteiger partial charge < -0.3 is 10.0 Å². The summed E-state index contributed by atoms with van der Waals surface area (Å²) in [6.45, 7) is 0.700. The van der Waals surface area contributed by atoms with Crippen LogP contribution in [-0.4, -0.2) is 26.9 Å². The van der Waals surface area contributed by atoms with Crippen LogP contribution in [0.4, 0.5) is 5.69 Å². The number of aromatic nitrogens is 3. The third-order valence-corrected chi connectivity index (χ3v) is 3.50. The number of rotatable bonds is 4. The second kappa shape index (κ2) is 5.54. The predicted octanol–water partition coefficient (Wildman–Crippen LogP) is 2.10. The number of aryl methyl sites for hydroxylation is 1. The number of anilines is 1. The van der Waals surface area contributed by atoms with Crippen molar-refractivity contribution in [1.29, 1.82) is 0 Å². The summed E-state index contributed by atoms with van der Waals surface area (Å²) in [5, 5.41) is 14.7. The number of aliphatic hydroxyl groups is 1. The molecule has 0 spiro atoms. The highest BCUT2D eigenvalue weighted by atomic mass is 16.3. The first-order chi connectivity index (χ1) is 10.2. The van der Waals surface area contributed by atoms with Crippen LogP contribution in [0.3, 0.4) is 0 Å². The van der Waals surface area contributed by atoms with Crippen molar-refractivity contribution in [3.8, 4) is 0 Å². The highest BCUT2D eigenvalue weighted by Crippen LogP contribution is 2.27. The van der Waals surface area contributed by atoms with Gasteiger partial charge in [-0.25, -0.2) is 0 Å². The molecular formula is C16H18N4O. The van der Waals surface area contributed by atoms with Gasteiger partial charge >= 0.3 is 0 Å². The third kappa shape index (κ3) is 2.73. The summed E-state index contributed by atoms with van der Waals surface area (Å²) in [6.07, 6.45) is 3.87. The zero-order valence-corrected chi connectivity index (χ0v) is 12.2. The van der Waals surface area contributed by atoms with Gasteiger partial charge in [0.05, 0.1) is 24.0 Å². The molecule has 108 valence electrons. The van der Waals surface area contributed by atoms with E-state index >= 15 is 0 Å². The van der Waals surface area contributed by atoms with Crippen LogP contribution in [0.1, 0.15) is 11.3 Å². The van der Waals surface area contributed by atoms with Crippen LogP contribution >= 0.6 is 0 Å². The van der Waals surface area contributed by atoms with E-state index in [1.165, 1.54) is 0 Å². The summed E-state index contributed by atoms with van der Waals surface area (Å²) in [7, 11) is 3.95. The molecule has 0 fully saturated rings. The molecule has 0 aliphatic rings. The summed E-state index contributed by atoms with van der Waals surface area (Å²) in [5.41, 5.74) is 3.79. The summed E-state index contributed by atoms with van der Waals surface area (Å²) in [4.78, 5) is 6.61. The SMILES string of the molecule is CN(Cc1cnn(C)c1)c1cc(CO)nc2ccccc12. The molecule has 0 unspecified atom stereocenters. The molecule has 0 aliphatic heterocycles. The maximum atomic E-state index is 9.40. The molecule has 3 rings (SSSR count). The Hall–Kier alpha value is -2.40. The molecule has 5 nitrogen and oxygen atoms in total. The van der Waals surface area contributed by atoms with Crippen molar-refractivity contribution in [2.75, 3.05) is 11.9 Å². The van der Waals surface area contributed by atoms with Crippen LogP contribution < -0.4 is 4.90 Å². The van der Waals surface area contributed by atoms with E-state index in [4.69, 9.17) is 0 Å². The smallest absolute Gasteiger partial charge is 0.0854 e. The molecule has 0 aliphatic carbocycles. The molecule has 2 heterocycles. The molecule has 0 saturated heterocycles. The highest BCUT2D eigenvalue weighted by molar-refractivity contribution is 5.91. The topological polar surface area (TPSA) is 54.2 Å². The van der Waals surface area contributed by atoms with E-state index in [-0.39, 0.29) is 6.61 Å². The minimum Gasteiger partial charge on any atom is -0.390 e. The zero-order valence-electron chi connectivity index (χ0n) is 12.2. The van der Waals surface area contributed by atoms with E-state index in [9.17, 15) is 5.11 Å². The molecule has 1 N–H and O–H groups in total. The quantitative estimate of drug-likeness (QED) is 0.796. The third-order valence-electron chi connectivity index (χ3n) is 3.50. The van der Waals surface area contributed by atoms with E-state index in [2.05, 4.69) is 21.0 Å². The molecule has 2 aromatic heterocycles. The van der Waals surface area contributed by atoms with E-state index in [1.807, 2.05) is 50.8 Å². The lowest BCUT2D eigenvalue weighted by atomic mass is 10.1. The summed E-state index contributed by atoms with van der Waals surface area (Å²) in [6, 6.07) is 9.93. The van der Waals surface area contributed by atoms with Crippen molar-refractivity contribution in [1.82, 2.24) is 14.8 Å². The Morgan fingerprint density at radius 2 is 2.10 bits per heavy atom. The second-order valence-corrected chi connectivity index (χ2v) is 5.19. The van der Waals surface area contributed by atoms with Gasteiger partial charge in [0, 0.05) is 43.5 Å². The number of aliphatic hydroxyl groups excluding tert-OH is 1. The number of hydrogen-bond donors (Lipinski definition) is 1. The maximum Gasteiger partial charge on any atom is 0.0854 e. The maximum absolute atomic E-state index is 9.40. The molecule has 21 heavy (non-hydrogen) atoms. The lowest BCUT2D eigenvalue weighted by Crippen LogP contribution is -2.17. The molecule has 0 atom stereocenters. The first kappa shape index (κ1) is 13.6. The fourth-order valence-corrected chi connectivity index (χ4v) is 2.52. The monoisotopic (exact) mass is 282 g/mol. The lowest BCUT2D eigenvalue weighted by Gasteiger charge is -2.21. The molecule has 3 aromatic rings. The van der Waals surface area contributed by atoms with Crippen molar-refractivity contribution in [3.05, 3.63) is 54.0 Å². The van der Waals surface area contributed by atoms with Gasteiger partial charge in [0.1, 0.15) is 0 Å². The number of benzene rings is 1. The molecule has 0 saturated carbocycles. The first-order valence-corrected chi connectivity index (χ1v) is 6.85. The Morgan fingerprint density at radius 3 is 2.81 bits per heavy atom. The van der Waals surface area contributed by atoms with Gasteiger partial charge in [0.25, 0.3) is 0 Å². The van der Waals surface area contributed by atoms with Crippen LogP contribution in [0, 0.1) is 0 Å². The largest absolute Gasteiger partial charge is 0.390 e. The van der Waals surface area contributed by atoms with Crippen molar-refractivity contribution < 1.29 is 5.11 Å². The van der Waals surface area contributed by atoms with Gasteiger partial charge in [-0.1, -0.05) is 18.2 Å². The lowest BCUT2D eigenvalue weighted by molar-refractivity contribution is 0.277. The van der Waals surface area contributed by atoms with Crippen LogP contribution in [0.5, 0.6) is 0 Å². The number of pyridine rings is 1. The Labute approximate surface area is 123 Å². The number of fused-ring (bicyclic) bond motifs is 1. The van der Waals surface area contributed by atoms with E-state index in [0.717, 1.165) is 28.7 Å². The number of hydrogen-bond acceptors (Lipinski definition) is 4. The molecule has 0 bridgehead atoms. The van der Waals surface area contributed by atoms with Crippen LogP contribution in [0.2, 0.25) is 0 Å². The zero-order chi connectivity index (χ0) is 14.8. The van der Waals surface area contributed by atoms with Crippen LogP contribution in [0.25, 0.3) is 10.9 Å². The number of para-hydroxylation sites is 1. The van der Waals surface area contributed by atoms with Gasteiger partial charge in [0.2, 0.25) is 0 Å². The van der Waals surface area contributed by atoms with Gasteiger partial charge in [-0.2, -0.15) is 5.10 Å². The molecule has 0 radical (unpaired) electrons. The minimum absolute atomic E-state index is 0.0570. The summed E-state index contributed by atoms with van der Waals surface area (Å²) < 4.78 is 1.80. The van der Waals surface area contributed by atoms with Crippen molar-refractivity contribution >= 4 is 16.6 Å². The summed E-state index contributed by atoms with van der Waals surface area (Å²) in [5.74, 6) is 0. The average Bonchev–Trinajstić information content (AvgIpc) is 2.91. The first-order valence-electron chi connectivity index (χ1n) is 6.85. The van der Waals surface area contributed by atoms with Crippen LogP contribution in [0.15, 0.2) is 42.7 Å². The van der Waals surface area contributed by atoms with E-state index in [1.54, 1.807) is 4.68 Å². The Morgan fingerprint density at radius 1 is 1.29 bits per heavy atom. The standard InChI is InChI=1S/C16H18N4O/c1-19(9-12-8-17-20(2)10-12)16-7-13(11-21)18-15-6-4-3-5-14(15)16/h3-8,10,21H,9,11H2,1-2H3. The van der Waals surface area contributed by atoms with E-state index in [0.29, 0.717) is 5.69 Å². The van der Waals surface area contributed by atoms with Gasteiger partial charge in [-0.15, -0.1) is 0 Å². The fraction of sp³-hybridized carbons (Fsp3) is 0.250. The minimum atomic E-state index is -0.0570. The van der Waals surface area contributed by atoms with Gasteiger partial charge in [0.15, 0.2) is 0 Å². The molecule has 0 amide bonds. The van der Waals surface area contributed by atoms with Crippen LogP contribution in [-0.2, 0) is 20.2 Å². The Bertz CT molecular complexity index is 766. The number of nitrogens with zero attached hydrogens (tertiary/aromatic N) is 4. The highest BCUT2D eigenvalue weighted by Gasteiger charge is 2.10. The fourth-order valence-electron chi connectivity index (χ4n) is 2.52. The summed E-state index contributed by atoms with van der Waals surface area (Å²) >= 11 is 0. The Balaban J connectivity index is 2.01. The molecule has 5 heteroatoms. The van der Waals surface area contributed by atoms with Crippen molar-refractivity contribution in [3.63, 3.8) is 0 Å². The van der Waals surface area contributed by atoms with E-state index < -0.39 is 0 Å².